The number of anilines is 1. The number of nitrogens with one attached hydrogen (secondary N) is 2. The minimum Gasteiger partial charge on any atom is -0.376 e. The van der Waals surface area contributed by atoms with Gasteiger partial charge < -0.3 is 5.32 Å². The molecule has 0 bridgehead atoms. The van der Waals surface area contributed by atoms with Crippen molar-refractivity contribution >= 4 is 16.5 Å². The van der Waals surface area contributed by atoms with Crippen LogP contribution in [0.1, 0.15) is 34.6 Å². The molecule has 0 amide bonds. The molecule has 2 atom stereocenters. The van der Waals surface area contributed by atoms with Gasteiger partial charge in [0.15, 0.2) is 0 Å². The number of aromatic nitrogens is 5. The standard InChI is InChI=1S/C20H17FN6O/c1-10-3-5-11(6-4-10)17-16(19-22-9-23-27(19)2)18-15-13(20(28)26-25-18)7-12(21)8-14(15)24-17/h3-9,16-17,24H,1-2H3,(H,26,28)/t16-,17-/m1/s1. The van der Waals surface area contributed by atoms with Crippen molar-refractivity contribution in [2.75, 3.05) is 5.32 Å². The summed E-state index contributed by atoms with van der Waals surface area (Å²) >= 11 is 0. The highest BCUT2D eigenvalue weighted by molar-refractivity contribution is 5.97. The number of aromatic amines is 1. The maximum absolute atomic E-state index is 14.2. The first kappa shape index (κ1) is 16.6. The molecule has 0 spiro atoms. The van der Waals surface area contributed by atoms with Gasteiger partial charge in [0.2, 0.25) is 0 Å². The van der Waals surface area contributed by atoms with Crippen LogP contribution in [0.4, 0.5) is 10.1 Å². The van der Waals surface area contributed by atoms with E-state index >= 15 is 0 Å². The molecular weight excluding hydrogens is 359 g/mol. The second kappa shape index (κ2) is 5.98. The van der Waals surface area contributed by atoms with Gasteiger partial charge >= 0.3 is 0 Å². The lowest BCUT2D eigenvalue weighted by atomic mass is 9.83. The van der Waals surface area contributed by atoms with E-state index in [0.717, 1.165) is 11.1 Å². The van der Waals surface area contributed by atoms with Crippen LogP contribution in [0.25, 0.3) is 10.8 Å². The lowest BCUT2D eigenvalue weighted by Gasteiger charge is -2.33. The van der Waals surface area contributed by atoms with Crippen molar-refractivity contribution < 1.29 is 4.39 Å². The van der Waals surface area contributed by atoms with Crippen molar-refractivity contribution in [3.8, 4) is 0 Å². The molecule has 0 radical (unpaired) electrons. The monoisotopic (exact) mass is 376 g/mol. The maximum Gasteiger partial charge on any atom is 0.272 e. The molecule has 7 nitrogen and oxygen atoms in total. The van der Waals surface area contributed by atoms with Crippen LogP contribution in [0, 0.1) is 12.7 Å². The lowest BCUT2D eigenvalue weighted by Crippen LogP contribution is -2.30. The van der Waals surface area contributed by atoms with E-state index in [-0.39, 0.29) is 17.3 Å². The van der Waals surface area contributed by atoms with Crippen molar-refractivity contribution in [2.24, 2.45) is 7.05 Å². The van der Waals surface area contributed by atoms with E-state index in [9.17, 15) is 9.18 Å². The van der Waals surface area contributed by atoms with E-state index in [0.29, 0.717) is 22.6 Å². The molecule has 1 aliphatic heterocycles. The molecule has 2 aromatic heterocycles. The van der Waals surface area contributed by atoms with Crippen LogP contribution in [0.15, 0.2) is 47.5 Å². The van der Waals surface area contributed by atoms with Crippen molar-refractivity contribution in [2.45, 2.75) is 18.9 Å². The highest BCUT2D eigenvalue weighted by Crippen LogP contribution is 2.45. The molecule has 5 rings (SSSR count). The molecule has 0 saturated heterocycles. The predicted octanol–water partition coefficient (Wildman–Crippen LogP) is 2.80. The third-order valence-electron chi connectivity index (χ3n) is 5.28. The largest absolute Gasteiger partial charge is 0.376 e. The molecule has 3 heterocycles. The Morgan fingerprint density at radius 3 is 2.68 bits per heavy atom. The fraction of sp³-hybridized carbons (Fsp3) is 0.200. The molecule has 140 valence electrons. The lowest BCUT2D eigenvalue weighted by molar-refractivity contribution is 0.564. The minimum absolute atomic E-state index is 0.251. The summed E-state index contributed by atoms with van der Waals surface area (Å²) in [5.41, 5.74) is 2.92. The van der Waals surface area contributed by atoms with Gasteiger partial charge in [-0.15, -0.1) is 0 Å². The molecule has 8 heteroatoms. The summed E-state index contributed by atoms with van der Waals surface area (Å²) in [6, 6.07) is 10.5. The number of halogens is 1. The van der Waals surface area contributed by atoms with Gasteiger partial charge in [-0.3, -0.25) is 9.48 Å². The van der Waals surface area contributed by atoms with E-state index in [1.165, 1.54) is 18.5 Å². The average Bonchev–Trinajstić information content (AvgIpc) is 3.10. The van der Waals surface area contributed by atoms with Crippen LogP contribution in [0.2, 0.25) is 0 Å². The molecule has 0 aliphatic carbocycles. The summed E-state index contributed by atoms with van der Waals surface area (Å²) in [4.78, 5) is 16.7. The number of rotatable bonds is 2. The van der Waals surface area contributed by atoms with E-state index in [2.05, 4.69) is 25.6 Å². The van der Waals surface area contributed by atoms with Crippen LogP contribution < -0.4 is 10.9 Å². The fourth-order valence-electron chi connectivity index (χ4n) is 3.94. The van der Waals surface area contributed by atoms with Gasteiger partial charge in [0.05, 0.1) is 23.0 Å². The van der Waals surface area contributed by atoms with Gasteiger partial charge in [0.25, 0.3) is 5.56 Å². The summed E-state index contributed by atoms with van der Waals surface area (Å²) in [5, 5.41) is 15.4. The number of benzene rings is 2. The van der Waals surface area contributed by atoms with E-state index in [4.69, 9.17) is 0 Å². The Labute approximate surface area is 159 Å². The van der Waals surface area contributed by atoms with Gasteiger partial charge in [0.1, 0.15) is 18.0 Å². The Hall–Kier alpha value is -3.55. The molecule has 0 fully saturated rings. The smallest absolute Gasteiger partial charge is 0.272 e. The fourth-order valence-corrected chi connectivity index (χ4v) is 3.94. The SMILES string of the molecule is Cc1ccc([C@H]2Nc3cc(F)cc4c(=O)[nH]nc(c34)[C@@H]2c2ncnn2C)cc1. The van der Waals surface area contributed by atoms with Crippen LogP contribution in [0.3, 0.4) is 0 Å². The normalized spacial score (nSPS) is 18.2. The first-order chi connectivity index (χ1) is 13.5. The number of nitrogens with zero attached hydrogens (tertiary/aromatic N) is 4. The number of H-pyrrole nitrogens is 1. The van der Waals surface area contributed by atoms with Crippen LogP contribution in [-0.2, 0) is 7.05 Å². The summed E-state index contributed by atoms with van der Waals surface area (Å²) in [6.45, 7) is 2.02. The van der Waals surface area contributed by atoms with Gasteiger partial charge in [-0.05, 0) is 24.6 Å². The Bertz CT molecular complexity index is 1260. The summed E-state index contributed by atoms with van der Waals surface area (Å²) in [6.07, 6.45) is 1.49. The second-order valence-electron chi connectivity index (χ2n) is 7.07. The second-order valence-corrected chi connectivity index (χ2v) is 7.07. The number of hydrogen-bond acceptors (Lipinski definition) is 5. The first-order valence-corrected chi connectivity index (χ1v) is 8.92. The average molecular weight is 376 g/mol. The van der Waals surface area contributed by atoms with Crippen molar-refractivity contribution in [1.29, 1.82) is 0 Å². The van der Waals surface area contributed by atoms with E-state index in [1.807, 2.05) is 38.2 Å². The zero-order valence-corrected chi connectivity index (χ0v) is 15.3. The molecule has 2 N–H and O–H groups in total. The zero-order chi connectivity index (χ0) is 19.4. The topological polar surface area (TPSA) is 88.5 Å². The van der Waals surface area contributed by atoms with Gasteiger partial charge in [-0.2, -0.15) is 10.2 Å². The van der Waals surface area contributed by atoms with Crippen LogP contribution in [0.5, 0.6) is 0 Å². The molecule has 1 aliphatic rings. The summed E-state index contributed by atoms with van der Waals surface area (Å²) < 4.78 is 15.9. The van der Waals surface area contributed by atoms with Crippen molar-refractivity contribution in [1.82, 2.24) is 25.0 Å². The summed E-state index contributed by atoms with van der Waals surface area (Å²) in [7, 11) is 1.82. The quantitative estimate of drug-likeness (QED) is 0.562. The molecule has 0 saturated carbocycles. The number of hydrogen-bond donors (Lipinski definition) is 2. The highest BCUT2D eigenvalue weighted by Gasteiger charge is 2.37. The maximum atomic E-state index is 14.2. The van der Waals surface area contributed by atoms with Crippen LogP contribution in [-0.4, -0.2) is 25.0 Å². The van der Waals surface area contributed by atoms with Gasteiger partial charge in [-0.25, -0.2) is 14.5 Å². The molecule has 0 unspecified atom stereocenters. The van der Waals surface area contributed by atoms with E-state index in [1.54, 1.807) is 4.68 Å². The molecule has 2 aromatic carbocycles. The first-order valence-electron chi connectivity index (χ1n) is 8.92. The van der Waals surface area contributed by atoms with Gasteiger partial charge in [-0.1, -0.05) is 29.8 Å². The van der Waals surface area contributed by atoms with E-state index < -0.39 is 11.4 Å². The Balaban J connectivity index is 1.82. The van der Waals surface area contributed by atoms with Crippen LogP contribution >= 0.6 is 0 Å². The molecule has 4 aromatic rings. The summed E-state index contributed by atoms with van der Waals surface area (Å²) in [5.74, 6) is -0.0844. The van der Waals surface area contributed by atoms with Crippen molar-refractivity contribution in [3.05, 3.63) is 81.5 Å². The number of aryl methyl sites for hydroxylation is 2. The Morgan fingerprint density at radius 1 is 1.18 bits per heavy atom. The third kappa shape index (κ3) is 2.41. The molecule has 28 heavy (non-hydrogen) atoms. The third-order valence-corrected chi connectivity index (χ3v) is 5.28. The van der Waals surface area contributed by atoms with Gasteiger partial charge in [0, 0.05) is 18.1 Å². The zero-order valence-electron chi connectivity index (χ0n) is 15.3. The predicted molar refractivity (Wildman–Crippen MR) is 103 cm³/mol. The minimum atomic E-state index is -0.475. The Kier molecular flexibility index (Phi) is 3.55. The highest BCUT2D eigenvalue weighted by atomic mass is 19.1. The van der Waals surface area contributed by atoms with Crippen molar-refractivity contribution in [3.63, 3.8) is 0 Å². The Morgan fingerprint density at radius 2 is 1.96 bits per heavy atom. The molecular formula is C20H17FN6O.